The summed E-state index contributed by atoms with van der Waals surface area (Å²) >= 11 is 0. The standard InChI is InChI=1S/C20H32N2O4.C20H30N2O4.C11H23N.C6H8O2/c2*1-5-13-21(19(25)11-9-17(3)23)15-7-8-16-22(14-6-2)20(26)12-10-18(4)24;1-4-7-10-12(9-6-3)11-8-5-2;1-5(7)3-4-6(2)8/h9-12H,5-8,13-16H2,1-4H3;5-6,9-12,19,25H,1-2,7-8,13-16H2,3-4H3;6H,3-5,7-11H2,1-2H3;3-4H,1-2H3/b2*11-9+,12-10+;;4-3+. The Hall–Kier alpha value is -5.77. The summed E-state index contributed by atoms with van der Waals surface area (Å²) in [6.45, 7) is 36.0. The van der Waals surface area contributed by atoms with Gasteiger partial charge in [-0.1, -0.05) is 58.8 Å². The zero-order valence-corrected chi connectivity index (χ0v) is 45.9. The highest BCUT2D eigenvalue weighted by molar-refractivity contribution is 5.98. The van der Waals surface area contributed by atoms with Gasteiger partial charge in [-0.15, -0.1) is 19.7 Å². The van der Waals surface area contributed by atoms with Gasteiger partial charge in [0.2, 0.25) is 17.7 Å². The van der Waals surface area contributed by atoms with Crippen LogP contribution in [0.2, 0.25) is 0 Å². The highest BCUT2D eigenvalue weighted by Gasteiger charge is 2.14. The molecule has 1 N–H and O–H groups in total. The molecule has 72 heavy (non-hydrogen) atoms. The number of carbonyl (C=O) groups is 9. The number of hydrogen-bond acceptors (Lipinski definition) is 12. The van der Waals surface area contributed by atoms with Crippen LogP contribution in [-0.2, 0) is 43.2 Å². The molecule has 15 heteroatoms. The number of rotatable bonds is 37. The average molecular weight is 1010 g/mol. The minimum Gasteiger partial charge on any atom is -0.375 e. The Morgan fingerprint density at radius 3 is 1.01 bits per heavy atom. The summed E-state index contributed by atoms with van der Waals surface area (Å²) < 4.78 is 0. The fourth-order valence-corrected chi connectivity index (χ4v) is 6.07. The molecule has 406 valence electrons. The summed E-state index contributed by atoms with van der Waals surface area (Å²) in [6, 6.07) is 0. The number of aliphatic hydroxyl groups is 1. The maximum Gasteiger partial charge on any atom is 0.246 e. The number of ketones is 6. The fourth-order valence-electron chi connectivity index (χ4n) is 6.07. The highest BCUT2D eigenvalue weighted by Crippen LogP contribution is 2.06. The molecule has 0 aromatic rings. The molecule has 3 amide bonds. The Morgan fingerprint density at radius 1 is 0.375 bits per heavy atom. The highest BCUT2D eigenvalue weighted by atomic mass is 16.3. The van der Waals surface area contributed by atoms with Gasteiger partial charge < -0.3 is 19.8 Å². The van der Waals surface area contributed by atoms with E-state index < -0.39 is 6.23 Å². The fraction of sp³-hybridized carbons (Fsp3) is 0.561. The third-order valence-corrected chi connectivity index (χ3v) is 9.72. The second-order valence-corrected chi connectivity index (χ2v) is 17.0. The lowest BCUT2D eigenvalue weighted by Crippen LogP contribution is -2.36. The Kier molecular flexibility index (Phi) is 50.7. The van der Waals surface area contributed by atoms with Crippen LogP contribution in [0.15, 0.2) is 98.7 Å². The van der Waals surface area contributed by atoms with Crippen LogP contribution in [0.25, 0.3) is 0 Å². The third-order valence-electron chi connectivity index (χ3n) is 9.72. The first-order chi connectivity index (χ1) is 34.1. The number of allylic oxidation sites excluding steroid dienone is 6. The topological polar surface area (TPSA) is 190 Å². The van der Waals surface area contributed by atoms with E-state index >= 15 is 0 Å². The first-order valence-electron chi connectivity index (χ1n) is 25.4. The van der Waals surface area contributed by atoms with Gasteiger partial charge in [0.25, 0.3) is 0 Å². The van der Waals surface area contributed by atoms with Crippen LogP contribution in [0.4, 0.5) is 0 Å². The van der Waals surface area contributed by atoms with Crippen molar-refractivity contribution in [2.45, 2.75) is 140 Å². The SMILES string of the molecule is C=CCN(CCCC)CCCC.C=CCN(CCCCN(CC=C)C(O)/C=C/C(C)=O)C(=O)/C=C/C(C)=O.CC(=O)/C=C/C(C)=O.CCCN(CCCCN(CCC)C(=O)/C=C/C(C)=O)C(=O)/C=C/C(C)=O. The van der Waals surface area contributed by atoms with Crippen molar-refractivity contribution < 1.29 is 48.3 Å². The van der Waals surface area contributed by atoms with Gasteiger partial charge in [-0.3, -0.25) is 53.0 Å². The molecule has 0 spiro atoms. The lowest BCUT2D eigenvalue weighted by molar-refractivity contribution is -0.127. The molecule has 0 saturated heterocycles. The summed E-state index contributed by atoms with van der Waals surface area (Å²) in [4.78, 5) is 110. The van der Waals surface area contributed by atoms with Crippen molar-refractivity contribution in [2.24, 2.45) is 0 Å². The van der Waals surface area contributed by atoms with Crippen molar-refractivity contribution in [3.63, 3.8) is 0 Å². The number of unbranched alkanes of at least 4 members (excludes halogenated alkanes) is 4. The monoisotopic (exact) mass is 1010 g/mol. The smallest absolute Gasteiger partial charge is 0.246 e. The number of amides is 3. The van der Waals surface area contributed by atoms with E-state index in [4.69, 9.17) is 0 Å². The summed E-state index contributed by atoms with van der Waals surface area (Å²) in [6.07, 6.45) is 27.4. The molecule has 0 aliphatic heterocycles. The number of carbonyl (C=O) groups excluding carboxylic acids is 9. The lowest BCUT2D eigenvalue weighted by Gasteiger charge is -2.25. The summed E-state index contributed by atoms with van der Waals surface area (Å²) in [7, 11) is 0. The van der Waals surface area contributed by atoms with Crippen LogP contribution < -0.4 is 0 Å². The summed E-state index contributed by atoms with van der Waals surface area (Å²) in [5.41, 5.74) is 0. The molecule has 15 nitrogen and oxygen atoms in total. The predicted octanol–water partition coefficient (Wildman–Crippen LogP) is 8.21. The van der Waals surface area contributed by atoms with Gasteiger partial charge in [-0.05, 0) is 149 Å². The molecule has 0 aliphatic carbocycles. The Morgan fingerprint density at radius 2 is 0.694 bits per heavy atom. The van der Waals surface area contributed by atoms with Crippen molar-refractivity contribution >= 4 is 52.4 Å². The number of aliphatic hydroxyl groups excluding tert-OH is 1. The van der Waals surface area contributed by atoms with E-state index in [1.54, 1.807) is 31.8 Å². The molecule has 0 saturated carbocycles. The van der Waals surface area contributed by atoms with Crippen molar-refractivity contribution in [3.8, 4) is 0 Å². The molecule has 0 bridgehead atoms. The molecule has 0 heterocycles. The van der Waals surface area contributed by atoms with E-state index in [1.807, 2.05) is 19.9 Å². The molecule has 0 aliphatic rings. The van der Waals surface area contributed by atoms with Gasteiger partial charge >= 0.3 is 0 Å². The van der Waals surface area contributed by atoms with Gasteiger partial charge in [-0.2, -0.15) is 0 Å². The average Bonchev–Trinajstić information content (AvgIpc) is 3.32. The van der Waals surface area contributed by atoms with Crippen molar-refractivity contribution in [1.29, 1.82) is 0 Å². The minimum absolute atomic E-state index is 0.0970. The normalized spacial score (nSPS) is 11.3. The molecule has 0 fully saturated rings. The van der Waals surface area contributed by atoms with E-state index in [9.17, 15) is 48.3 Å². The maximum absolute atomic E-state index is 12.1. The largest absolute Gasteiger partial charge is 0.375 e. The van der Waals surface area contributed by atoms with Crippen molar-refractivity contribution in [2.75, 3.05) is 72.0 Å². The van der Waals surface area contributed by atoms with Crippen LogP contribution in [0, 0.1) is 0 Å². The lowest BCUT2D eigenvalue weighted by atomic mass is 10.2. The van der Waals surface area contributed by atoms with E-state index in [0.29, 0.717) is 52.4 Å². The van der Waals surface area contributed by atoms with Crippen LogP contribution >= 0.6 is 0 Å². The van der Waals surface area contributed by atoms with Crippen LogP contribution in [-0.4, -0.2) is 160 Å². The first kappa shape index (κ1) is 72.8. The Bertz CT molecular complexity index is 1710. The van der Waals surface area contributed by atoms with Crippen LogP contribution in [0.5, 0.6) is 0 Å². The first-order valence-corrected chi connectivity index (χ1v) is 25.4. The second-order valence-electron chi connectivity index (χ2n) is 17.0. The second kappa shape index (κ2) is 50.2. The summed E-state index contributed by atoms with van der Waals surface area (Å²) in [5.74, 6) is -1.35. The van der Waals surface area contributed by atoms with Gasteiger partial charge in [0.05, 0.1) is 0 Å². The quantitative estimate of drug-likeness (QED) is 0.0272. The van der Waals surface area contributed by atoms with E-state index in [0.717, 1.165) is 45.1 Å². The maximum atomic E-state index is 12.1. The van der Waals surface area contributed by atoms with Crippen LogP contribution in [0.1, 0.15) is 133 Å². The van der Waals surface area contributed by atoms with Crippen molar-refractivity contribution in [1.82, 2.24) is 24.5 Å². The van der Waals surface area contributed by atoms with Crippen molar-refractivity contribution in [3.05, 3.63) is 98.7 Å². The number of nitrogens with zero attached hydrogens (tertiary/aromatic N) is 5. The van der Waals surface area contributed by atoms with Gasteiger partial charge in [-0.25, -0.2) is 0 Å². The van der Waals surface area contributed by atoms with Gasteiger partial charge in [0, 0.05) is 77.1 Å². The molecule has 1 unspecified atom stereocenters. The van der Waals surface area contributed by atoms with Crippen LogP contribution in [0.3, 0.4) is 0 Å². The van der Waals surface area contributed by atoms with E-state index in [-0.39, 0.29) is 52.4 Å². The van der Waals surface area contributed by atoms with Gasteiger partial charge in [0.15, 0.2) is 34.7 Å². The number of hydrogen-bond donors (Lipinski definition) is 1. The molecule has 1 atom stereocenters. The molecule has 0 aromatic heterocycles. The zero-order chi connectivity index (χ0) is 55.7. The third kappa shape index (κ3) is 49.2. The summed E-state index contributed by atoms with van der Waals surface area (Å²) in [5, 5.41) is 10.1. The zero-order valence-electron chi connectivity index (χ0n) is 45.9. The minimum atomic E-state index is -0.860. The van der Waals surface area contributed by atoms with E-state index in [1.165, 1.54) is 141 Å². The molecule has 0 radical (unpaired) electrons. The molecular formula is C57H93N5O10. The van der Waals surface area contributed by atoms with E-state index in [2.05, 4.69) is 38.5 Å². The molecule has 0 rings (SSSR count). The molecule has 0 aromatic carbocycles. The Labute approximate surface area is 434 Å². The predicted molar refractivity (Wildman–Crippen MR) is 293 cm³/mol. The van der Waals surface area contributed by atoms with Gasteiger partial charge in [0.1, 0.15) is 6.23 Å². The Balaban J connectivity index is -0.000000469. The molecular weight excluding hydrogens is 915 g/mol.